The molecule has 25 heavy (non-hydrogen) atoms. The lowest BCUT2D eigenvalue weighted by Crippen LogP contribution is -2.17. The maximum Gasteiger partial charge on any atom is 0.251 e. The van der Waals surface area contributed by atoms with E-state index in [-0.39, 0.29) is 11.9 Å². The highest BCUT2D eigenvalue weighted by Gasteiger charge is 2.27. The van der Waals surface area contributed by atoms with E-state index in [0.717, 1.165) is 41.8 Å². The Morgan fingerprint density at radius 3 is 2.28 bits per heavy atom. The van der Waals surface area contributed by atoms with Gasteiger partial charge in [-0.2, -0.15) is 0 Å². The number of nitrogens with zero attached hydrogens (tertiary/aromatic N) is 1. The first kappa shape index (κ1) is 19.2. The van der Waals surface area contributed by atoms with Crippen LogP contribution in [0.1, 0.15) is 68.3 Å². The zero-order valence-electron chi connectivity index (χ0n) is 15.9. The summed E-state index contributed by atoms with van der Waals surface area (Å²) >= 11 is 0. The third kappa shape index (κ3) is 3.78. The Labute approximate surface area is 150 Å². The molecule has 0 aliphatic heterocycles. The van der Waals surface area contributed by atoms with Crippen molar-refractivity contribution in [2.24, 2.45) is 11.7 Å². The van der Waals surface area contributed by atoms with E-state index in [1.165, 1.54) is 12.1 Å². The van der Waals surface area contributed by atoms with E-state index in [1.807, 2.05) is 6.92 Å². The van der Waals surface area contributed by atoms with Crippen LogP contribution in [0.2, 0.25) is 0 Å². The van der Waals surface area contributed by atoms with Gasteiger partial charge in [0.15, 0.2) is 0 Å². The van der Waals surface area contributed by atoms with Crippen molar-refractivity contribution in [2.45, 2.75) is 59.9 Å². The van der Waals surface area contributed by atoms with Gasteiger partial charge in [-0.1, -0.05) is 39.3 Å². The first-order chi connectivity index (χ1) is 11.8. The van der Waals surface area contributed by atoms with Crippen LogP contribution in [-0.4, -0.2) is 10.5 Å². The van der Waals surface area contributed by atoms with Gasteiger partial charge in [-0.05, 0) is 50.3 Å². The predicted octanol–water partition coefficient (Wildman–Crippen LogP) is 5.26. The molecule has 1 heterocycles. The molecule has 0 radical (unpaired) electrons. The molecule has 0 saturated carbocycles. The molecule has 1 atom stereocenters. The minimum atomic E-state index is -0.427. The normalized spacial score (nSPS) is 12.6. The summed E-state index contributed by atoms with van der Waals surface area (Å²) in [4.78, 5) is 12.2. The molecule has 0 fully saturated rings. The maximum atomic E-state index is 13.4. The summed E-state index contributed by atoms with van der Waals surface area (Å²) in [5.41, 5.74) is 10.0. The molecular weight excluding hydrogens is 315 g/mol. The largest absolute Gasteiger partial charge is 0.366 e. The number of amides is 1. The zero-order chi connectivity index (χ0) is 18.7. The lowest BCUT2D eigenvalue weighted by molar-refractivity contribution is 0.1000. The predicted molar refractivity (Wildman–Crippen MR) is 101 cm³/mol. The number of rotatable bonds is 7. The SMILES string of the molecule is CCCCc1c(-c2ccc(F)cc2)c(C(N)=O)c(C)n1C(C)C(C)C. The van der Waals surface area contributed by atoms with Crippen LogP contribution in [0.4, 0.5) is 4.39 Å². The summed E-state index contributed by atoms with van der Waals surface area (Å²) in [7, 11) is 0. The number of hydrogen-bond donors (Lipinski definition) is 1. The quantitative estimate of drug-likeness (QED) is 0.731. The Balaban J connectivity index is 2.79. The van der Waals surface area contributed by atoms with Gasteiger partial charge in [-0.15, -0.1) is 0 Å². The van der Waals surface area contributed by atoms with Gasteiger partial charge in [0.05, 0.1) is 5.56 Å². The second kappa shape index (κ2) is 7.85. The highest BCUT2D eigenvalue weighted by molar-refractivity contribution is 6.02. The van der Waals surface area contributed by atoms with Crippen LogP contribution >= 0.6 is 0 Å². The molecule has 1 unspecified atom stereocenters. The van der Waals surface area contributed by atoms with Crippen molar-refractivity contribution in [1.82, 2.24) is 4.57 Å². The Kier molecular flexibility index (Phi) is 6.04. The summed E-state index contributed by atoms with van der Waals surface area (Å²) in [5.74, 6) is -0.288. The van der Waals surface area contributed by atoms with Gasteiger partial charge in [0.2, 0.25) is 0 Å². The van der Waals surface area contributed by atoms with Crippen LogP contribution in [0, 0.1) is 18.7 Å². The van der Waals surface area contributed by atoms with Crippen molar-refractivity contribution in [3.05, 3.63) is 47.0 Å². The number of hydrogen-bond acceptors (Lipinski definition) is 1. The highest BCUT2D eigenvalue weighted by Crippen LogP contribution is 2.37. The van der Waals surface area contributed by atoms with Crippen LogP contribution in [0.15, 0.2) is 24.3 Å². The molecule has 0 aliphatic rings. The van der Waals surface area contributed by atoms with E-state index in [0.29, 0.717) is 11.5 Å². The van der Waals surface area contributed by atoms with Gasteiger partial charge < -0.3 is 10.3 Å². The minimum absolute atomic E-state index is 0.249. The van der Waals surface area contributed by atoms with Crippen LogP contribution in [0.25, 0.3) is 11.1 Å². The average Bonchev–Trinajstić information content (AvgIpc) is 2.85. The lowest BCUT2D eigenvalue weighted by atomic mass is 9.97. The van der Waals surface area contributed by atoms with Crippen molar-refractivity contribution in [3.63, 3.8) is 0 Å². The molecule has 0 spiro atoms. The van der Waals surface area contributed by atoms with Gasteiger partial charge in [0.25, 0.3) is 5.91 Å². The van der Waals surface area contributed by atoms with Gasteiger partial charge in [0.1, 0.15) is 5.82 Å². The Bertz CT molecular complexity index is 744. The number of aromatic nitrogens is 1. The molecule has 1 amide bonds. The lowest BCUT2D eigenvalue weighted by Gasteiger charge is -2.23. The smallest absolute Gasteiger partial charge is 0.251 e. The summed E-state index contributed by atoms with van der Waals surface area (Å²) in [6.45, 7) is 10.6. The molecule has 0 aliphatic carbocycles. The second-order valence-corrected chi connectivity index (χ2v) is 7.11. The van der Waals surface area contributed by atoms with Crippen molar-refractivity contribution >= 4 is 5.91 Å². The molecule has 2 aromatic rings. The molecular formula is C21H29FN2O. The standard InChI is InChI=1S/C21H29FN2O/c1-6-7-8-18-20(16-9-11-17(22)12-10-16)19(21(23)25)15(5)24(18)14(4)13(2)3/h9-14H,6-8H2,1-5H3,(H2,23,25). The van der Waals surface area contributed by atoms with E-state index >= 15 is 0 Å². The molecule has 4 heteroatoms. The summed E-state index contributed by atoms with van der Waals surface area (Å²) in [5, 5.41) is 0. The zero-order valence-corrected chi connectivity index (χ0v) is 15.9. The van der Waals surface area contributed by atoms with Crippen LogP contribution in [-0.2, 0) is 6.42 Å². The molecule has 136 valence electrons. The number of halogens is 1. The van der Waals surface area contributed by atoms with Crippen molar-refractivity contribution in [1.29, 1.82) is 0 Å². The maximum absolute atomic E-state index is 13.4. The monoisotopic (exact) mass is 344 g/mol. The molecule has 0 saturated heterocycles. The number of carbonyl (C=O) groups is 1. The van der Waals surface area contributed by atoms with Gasteiger partial charge in [0, 0.05) is 23.0 Å². The second-order valence-electron chi connectivity index (χ2n) is 7.11. The van der Waals surface area contributed by atoms with Crippen molar-refractivity contribution < 1.29 is 9.18 Å². The first-order valence-corrected chi connectivity index (χ1v) is 9.08. The fourth-order valence-corrected chi connectivity index (χ4v) is 3.44. The van der Waals surface area contributed by atoms with E-state index in [1.54, 1.807) is 12.1 Å². The summed E-state index contributed by atoms with van der Waals surface area (Å²) < 4.78 is 15.6. The van der Waals surface area contributed by atoms with Gasteiger partial charge in [-0.3, -0.25) is 4.79 Å². The minimum Gasteiger partial charge on any atom is -0.366 e. The van der Waals surface area contributed by atoms with E-state index in [9.17, 15) is 9.18 Å². The number of primary amides is 1. The molecule has 2 N–H and O–H groups in total. The van der Waals surface area contributed by atoms with Crippen molar-refractivity contribution in [3.8, 4) is 11.1 Å². The summed E-state index contributed by atoms with van der Waals surface area (Å²) in [6, 6.07) is 6.58. The van der Waals surface area contributed by atoms with Gasteiger partial charge in [-0.25, -0.2) is 4.39 Å². The summed E-state index contributed by atoms with van der Waals surface area (Å²) in [6.07, 6.45) is 2.96. The highest BCUT2D eigenvalue weighted by atomic mass is 19.1. The van der Waals surface area contributed by atoms with E-state index in [2.05, 4.69) is 32.3 Å². The third-order valence-electron chi connectivity index (χ3n) is 5.07. The molecule has 2 rings (SSSR count). The topological polar surface area (TPSA) is 48.0 Å². The number of nitrogens with two attached hydrogens (primary N) is 1. The van der Waals surface area contributed by atoms with Crippen LogP contribution in [0.3, 0.4) is 0 Å². The van der Waals surface area contributed by atoms with Crippen LogP contribution < -0.4 is 5.73 Å². The Morgan fingerprint density at radius 2 is 1.80 bits per heavy atom. The molecule has 0 bridgehead atoms. The van der Waals surface area contributed by atoms with Crippen molar-refractivity contribution in [2.75, 3.05) is 0 Å². The molecule has 1 aromatic heterocycles. The Hall–Kier alpha value is -2.10. The fraction of sp³-hybridized carbons (Fsp3) is 0.476. The number of benzene rings is 1. The van der Waals surface area contributed by atoms with Gasteiger partial charge >= 0.3 is 0 Å². The fourth-order valence-electron chi connectivity index (χ4n) is 3.44. The number of carbonyl (C=O) groups excluding carboxylic acids is 1. The third-order valence-corrected chi connectivity index (χ3v) is 5.07. The molecule has 3 nitrogen and oxygen atoms in total. The Morgan fingerprint density at radius 1 is 1.20 bits per heavy atom. The average molecular weight is 344 g/mol. The van der Waals surface area contributed by atoms with Crippen LogP contribution in [0.5, 0.6) is 0 Å². The number of unbranched alkanes of at least 4 members (excludes halogenated alkanes) is 1. The van der Waals surface area contributed by atoms with E-state index < -0.39 is 5.91 Å². The first-order valence-electron chi connectivity index (χ1n) is 9.08. The van der Waals surface area contributed by atoms with E-state index in [4.69, 9.17) is 5.73 Å². The molecule has 1 aromatic carbocycles.